The first-order valence-electron chi connectivity index (χ1n) is 8.51. The lowest BCUT2D eigenvalue weighted by Gasteiger charge is -2.23. The van der Waals surface area contributed by atoms with Crippen LogP contribution in [0.4, 0.5) is 5.82 Å². The summed E-state index contributed by atoms with van der Waals surface area (Å²) in [5.41, 5.74) is 0.605. The smallest absolute Gasteiger partial charge is 0.266 e. The van der Waals surface area contributed by atoms with Crippen molar-refractivity contribution in [2.75, 3.05) is 4.31 Å². The molecule has 0 aliphatic rings. The molecule has 1 aromatic carbocycles. The fourth-order valence-electron chi connectivity index (χ4n) is 2.83. The summed E-state index contributed by atoms with van der Waals surface area (Å²) in [5, 5.41) is 4.07. The van der Waals surface area contributed by atoms with Crippen molar-refractivity contribution < 1.29 is 12.8 Å². The molecule has 0 fully saturated rings. The number of aromatic nitrogens is 4. The second-order valence-corrected chi connectivity index (χ2v) is 7.81. The highest BCUT2D eigenvalue weighted by atomic mass is 32.2. The minimum atomic E-state index is -3.91. The lowest BCUT2D eigenvalue weighted by Crippen LogP contribution is -2.32. The zero-order valence-corrected chi connectivity index (χ0v) is 15.6. The Kier molecular flexibility index (Phi) is 4.90. The van der Waals surface area contributed by atoms with Crippen molar-refractivity contribution in [1.82, 2.24) is 19.7 Å². The van der Waals surface area contributed by atoms with Crippen LogP contribution in [-0.2, 0) is 23.1 Å². The quantitative estimate of drug-likeness (QED) is 0.478. The molecule has 4 aromatic rings. The van der Waals surface area contributed by atoms with Gasteiger partial charge in [0.15, 0.2) is 0 Å². The first-order valence-corrected chi connectivity index (χ1v) is 9.95. The maximum Gasteiger partial charge on any atom is 0.266 e. The lowest BCUT2D eigenvalue weighted by molar-refractivity contribution is 0.508. The normalized spacial score (nSPS) is 11.4. The second-order valence-electron chi connectivity index (χ2n) is 5.98. The Bertz CT molecular complexity index is 1130. The Morgan fingerprint density at radius 3 is 2.61 bits per heavy atom. The van der Waals surface area contributed by atoms with Gasteiger partial charge < -0.3 is 4.42 Å². The van der Waals surface area contributed by atoms with Gasteiger partial charge in [-0.15, -0.1) is 0 Å². The summed E-state index contributed by atoms with van der Waals surface area (Å²) in [6, 6.07) is 15.4. The van der Waals surface area contributed by atoms with Gasteiger partial charge in [0.25, 0.3) is 10.0 Å². The van der Waals surface area contributed by atoms with E-state index < -0.39 is 10.0 Å². The van der Waals surface area contributed by atoms with Gasteiger partial charge in [-0.05, 0) is 35.9 Å². The molecule has 0 amide bonds. The molecule has 0 aliphatic carbocycles. The number of rotatable bonds is 7. The van der Waals surface area contributed by atoms with Crippen molar-refractivity contribution in [3.63, 3.8) is 0 Å². The van der Waals surface area contributed by atoms with Crippen LogP contribution in [0.2, 0.25) is 0 Å². The van der Waals surface area contributed by atoms with Crippen LogP contribution in [0.25, 0.3) is 0 Å². The van der Waals surface area contributed by atoms with E-state index in [0.29, 0.717) is 17.1 Å². The summed E-state index contributed by atoms with van der Waals surface area (Å²) in [6.07, 6.45) is 6.02. The second kappa shape index (κ2) is 7.65. The first-order chi connectivity index (χ1) is 13.6. The van der Waals surface area contributed by atoms with Crippen LogP contribution >= 0.6 is 0 Å². The minimum absolute atomic E-state index is 0.0318. The Morgan fingerprint density at radius 1 is 1.04 bits per heavy atom. The van der Waals surface area contributed by atoms with Crippen LogP contribution < -0.4 is 4.31 Å². The molecule has 142 valence electrons. The predicted octanol–water partition coefficient (Wildman–Crippen LogP) is 2.71. The maximum atomic E-state index is 13.6. The lowest BCUT2D eigenvalue weighted by atomic mass is 10.2. The van der Waals surface area contributed by atoms with Crippen LogP contribution in [0.15, 0.2) is 89.0 Å². The Morgan fingerprint density at radius 2 is 1.89 bits per heavy atom. The van der Waals surface area contributed by atoms with Gasteiger partial charge in [0, 0.05) is 6.20 Å². The fourth-order valence-corrected chi connectivity index (χ4v) is 4.43. The van der Waals surface area contributed by atoms with Gasteiger partial charge in [-0.1, -0.05) is 24.3 Å². The molecule has 3 heterocycles. The van der Waals surface area contributed by atoms with Gasteiger partial charge in [-0.25, -0.2) is 27.4 Å². The topological polar surface area (TPSA) is 94.1 Å². The maximum absolute atomic E-state index is 13.6. The van der Waals surface area contributed by atoms with Crippen LogP contribution in [-0.4, -0.2) is 28.2 Å². The standard InChI is InChI=1S/C19H17N5O3S/c25-28(26,18-8-2-1-6-16(18)12-23-15-20-14-22-23)24(13-17-7-5-11-27-17)19-9-3-4-10-21-19/h1-11,14-15H,12-13H2. The molecule has 0 unspecified atom stereocenters. The molecule has 28 heavy (non-hydrogen) atoms. The molecule has 9 heteroatoms. The van der Waals surface area contributed by atoms with Crippen molar-refractivity contribution in [2.45, 2.75) is 18.0 Å². The monoisotopic (exact) mass is 395 g/mol. The number of nitrogens with zero attached hydrogens (tertiary/aromatic N) is 5. The van der Waals surface area contributed by atoms with E-state index in [0.717, 1.165) is 0 Å². The average Bonchev–Trinajstić information content (AvgIpc) is 3.41. The molecule has 4 rings (SSSR count). The molecule has 3 aromatic heterocycles. The molecular formula is C19H17N5O3S. The third kappa shape index (κ3) is 3.65. The van der Waals surface area contributed by atoms with Crippen molar-refractivity contribution in [3.05, 3.63) is 91.0 Å². The van der Waals surface area contributed by atoms with Gasteiger partial charge in [-0.3, -0.25) is 0 Å². The number of benzene rings is 1. The average molecular weight is 395 g/mol. The molecule has 0 saturated heterocycles. The van der Waals surface area contributed by atoms with E-state index in [1.54, 1.807) is 71.8 Å². The number of pyridine rings is 1. The van der Waals surface area contributed by atoms with Crippen LogP contribution in [0, 0.1) is 0 Å². The van der Waals surface area contributed by atoms with E-state index in [1.165, 1.54) is 16.9 Å². The van der Waals surface area contributed by atoms with E-state index in [4.69, 9.17) is 4.42 Å². The van der Waals surface area contributed by atoms with E-state index in [9.17, 15) is 8.42 Å². The summed E-state index contributed by atoms with van der Waals surface area (Å²) >= 11 is 0. The number of anilines is 1. The van der Waals surface area contributed by atoms with Crippen LogP contribution in [0.5, 0.6) is 0 Å². The SMILES string of the molecule is O=S(=O)(c1ccccc1Cn1cncn1)N(Cc1ccco1)c1ccccn1. The highest BCUT2D eigenvalue weighted by Gasteiger charge is 2.29. The Balaban J connectivity index is 1.78. The van der Waals surface area contributed by atoms with E-state index in [-0.39, 0.29) is 18.0 Å². The summed E-state index contributed by atoms with van der Waals surface area (Å²) in [5.74, 6) is 0.831. The number of hydrogen-bond acceptors (Lipinski definition) is 6. The molecule has 0 bridgehead atoms. The van der Waals surface area contributed by atoms with Gasteiger partial charge in [0.2, 0.25) is 0 Å². The molecule has 0 saturated carbocycles. The molecule has 0 radical (unpaired) electrons. The predicted molar refractivity (Wildman–Crippen MR) is 102 cm³/mol. The fraction of sp³-hybridized carbons (Fsp3) is 0.105. The Labute approximate surface area is 162 Å². The Hall–Kier alpha value is -3.46. The summed E-state index contributed by atoms with van der Waals surface area (Å²) in [4.78, 5) is 8.33. The minimum Gasteiger partial charge on any atom is -0.467 e. The summed E-state index contributed by atoms with van der Waals surface area (Å²) in [6.45, 7) is 0.316. The first kappa shape index (κ1) is 17.9. The van der Waals surface area contributed by atoms with Crippen molar-refractivity contribution in [2.24, 2.45) is 0 Å². The zero-order valence-electron chi connectivity index (χ0n) is 14.8. The summed E-state index contributed by atoms with van der Waals surface area (Å²) < 4.78 is 35.4. The van der Waals surface area contributed by atoms with Gasteiger partial charge in [-0.2, -0.15) is 5.10 Å². The molecule has 0 aliphatic heterocycles. The highest BCUT2D eigenvalue weighted by Crippen LogP contribution is 2.27. The largest absolute Gasteiger partial charge is 0.467 e. The summed E-state index contributed by atoms with van der Waals surface area (Å²) in [7, 11) is -3.91. The molecule has 8 nitrogen and oxygen atoms in total. The third-order valence-electron chi connectivity index (χ3n) is 4.12. The zero-order chi connectivity index (χ0) is 19.4. The van der Waals surface area contributed by atoms with E-state index in [2.05, 4.69) is 15.1 Å². The van der Waals surface area contributed by atoms with Crippen molar-refractivity contribution in [3.8, 4) is 0 Å². The van der Waals surface area contributed by atoms with Crippen molar-refractivity contribution in [1.29, 1.82) is 0 Å². The molecule has 0 spiro atoms. The highest BCUT2D eigenvalue weighted by molar-refractivity contribution is 7.92. The number of furan rings is 1. The van der Waals surface area contributed by atoms with Crippen LogP contribution in [0.3, 0.4) is 0 Å². The van der Waals surface area contributed by atoms with Crippen molar-refractivity contribution >= 4 is 15.8 Å². The van der Waals surface area contributed by atoms with E-state index >= 15 is 0 Å². The molecule has 0 atom stereocenters. The van der Waals surface area contributed by atoms with Gasteiger partial charge in [0.1, 0.15) is 24.2 Å². The molecular weight excluding hydrogens is 378 g/mol. The number of hydrogen-bond donors (Lipinski definition) is 0. The van der Waals surface area contributed by atoms with E-state index in [1.807, 2.05) is 0 Å². The number of sulfonamides is 1. The van der Waals surface area contributed by atoms with Crippen LogP contribution in [0.1, 0.15) is 11.3 Å². The molecule has 0 N–H and O–H groups in total. The third-order valence-corrected chi connectivity index (χ3v) is 5.97. The van der Waals surface area contributed by atoms with Gasteiger partial charge in [0.05, 0.1) is 24.2 Å². The van der Waals surface area contributed by atoms with Gasteiger partial charge >= 0.3 is 0 Å².